The van der Waals surface area contributed by atoms with Gasteiger partial charge >= 0.3 is 6.18 Å². The topological polar surface area (TPSA) is 75.3 Å². The number of carbonyl (C=O) groups excluding carboxylic acids is 1. The van der Waals surface area contributed by atoms with Crippen molar-refractivity contribution in [3.8, 4) is 0 Å². The van der Waals surface area contributed by atoms with Crippen molar-refractivity contribution in [2.45, 2.75) is 31.3 Å². The van der Waals surface area contributed by atoms with Gasteiger partial charge < -0.3 is 5.32 Å². The van der Waals surface area contributed by atoms with E-state index >= 15 is 0 Å². The van der Waals surface area contributed by atoms with Gasteiger partial charge in [0.1, 0.15) is 0 Å². The number of rotatable bonds is 6. The average molecular weight is 400 g/mol. The number of amides is 1. The smallest absolute Gasteiger partial charge is 0.352 e. The highest BCUT2D eigenvalue weighted by Gasteiger charge is 2.30. The molecule has 0 unspecified atom stereocenters. The number of carbonyl (C=O) groups is 1. The summed E-state index contributed by atoms with van der Waals surface area (Å²) in [6.07, 6.45) is -3.77. The van der Waals surface area contributed by atoms with Gasteiger partial charge in [-0.05, 0) is 55.3 Å². The third kappa shape index (κ3) is 5.22. The fourth-order valence-corrected chi connectivity index (χ4v) is 3.37. The van der Waals surface area contributed by atoms with Gasteiger partial charge in [-0.1, -0.05) is 13.0 Å². The second kappa shape index (κ2) is 7.99. The van der Waals surface area contributed by atoms with E-state index in [0.29, 0.717) is 12.1 Å². The van der Waals surface area contributed by atoms with Crippen LogP contribution >= 0.6 is 0 Å². The molecule has 0 saturated heterocycles. The predicted octanol–water partition coefficient (Wildman–Crippen LogP) is 3.95. The van der Waals surface area contributed by atoms with Gasteiger partial charge in [-0.3, -0.25) is 9.52 Å². The molecule has 146 valence electrons. The molecule has 0 aromatic heterocycles. The zero-order valence-electron chi connectivity index (χ0n) is 14.7. The molecule has 9 heteroatoms. The molecule has 0 atom stereocenters. The van der Waals surface area contributed by atoms with E-state index < -0.39 is 21.8 Å². The van der Waals surface area contributed by atoms with Crippen molar-refractivity contribution in [2.75, 3.05) is 11.3 Å². The van der Waals surface area contributed by atoms with Gasteiger partial charge in [0, 0.05) is 17.8 Å². The molecule has 5 nitrogen and oxygen atoms in total. The van der Waals surface area contributed by atoms with Crippen LogP contribution in [0.15, 0.2) is 47.4 Å². The van der Waals surface area contributed by atoms with Crippen LogP contribution in [0.1, 0.15) is 34.8 Å². The second-order valence-corrected chi connectivity index (χ2v) is 7.60. The van der Waals surface area contributed by atoms with E-state index in [2.05, 4.69) is 10.0 Å². The third-order valence-electron chi connectivity index (χ3n) is 3.76. The maximum Gasteiger partial charge on any atom is 0.416 e. The first-order valence-electron chi connectivity index (χ1n) is 8.13. The Morgan fingerprint density at radius 1 is 1.07 bits per heavy atom. The number of hydrogen-bond donors (Lipinski definition) is 2. The van der Waals surface area contributed by atoms with Crippen molar-refractivity contribution in [1.82, 2.24) is 5.32 Å². The fourth-order valence-electron chi connectivity index (χ4n) is 2.29. The molecule has 0 radical (unpaired) electrons. The molecule has 2 rings (SSSR count). The molecule has 2 N–H and O–H groups in total. The quantitative estimate of drug-likeness (QED) is 0.771. The van der Waals surface area contributed by atoms with Crippen LogP contribution in [-0.4, -0.2) is 20.9 Å². The minimum absolute atomic E-state index is 0.0134. The molecule has 2 aromatic rings. The molecule has 2 aromatic carbocycles. The minimum Gasteiger partial charge on any atom is -0.352 e. The van der Waals surface area contributed by atoms with Crippen molar-refractivity contribution >= 4 is 21.6 Å². The van der Waals surface area contributed by atoms with Gasteiger partial charge in [-0.25, -0.2) is 8.42 Å². The number of sulfonamides is 1. The highest BCUT2D eigenvalue weighted by Crippen LogP contribution is 2.30. The van der Waals surface area contributed by atoms with E-state index in [1.165, 1.54) is 18.2 Å². The number of halogens is 3. The molecular formula is C18H19F3N2O3S. The van der Waals surface area contributed by atoms with Crippen LogP contribution in [0.2, 0.25) is 0 Å². The van der Waals surface area contributed by atoms with Crippen LogP contribution in [-0.2, 0) is 16.2 Å². The maximum atomic E-state index is 12.6. The lowest BCUT2D eigenvalue weighted by Crippen LogP contribution is -2.25. The van der Waals surface area contributed by atoms with Crippen LogP contribution in [0.5, 0.6) is 0 Å². The van der Waals surface area contributed by atoms with Crippen LogP contribution in [0.25, 0.3) is 0 Å². The number of benzene rings is 2. The monoisotopic (exact) mass is 400 g/mol. The molecular weight excluding hydrogens is 381 g/mol. The Morgan fingerprint density at radius 2 is 1.70 bits per heavy atom. The molecule has 0 aliphatic heterocycles. The Kier molecular flexibility index (Phi) is 6.15. The van der Waals surface area contributed by atoms with E-state index in [0.717, 1.165) is 30.7 Å². The number of anilines is 1. The Morgan fingerprint density at radius 3 is 2.26 bits per heavy atom. The zero-order valence-corrected chi connectivity index (χ0v) is 15.5. The van der Waals surface area contributed by atoms with Crippen molar-refractivity contribution < 1.29 is 26.4 Å². The van der Waals surface area contributed by atoms with Gasteiger partial charge in [-0.15, -0.1) is 0 Å². The average Bonchev–Trinajstić information content (AvgIpc) is 2.59. The summed E-state index contributed by atoms with van der Waals surface area (Å²) in [7, 11) is -4.07. The van der Waals surface area contributed by atoms with Crippen molar-refractivity contribution in [1.29, 1.82) is 0 Å². The molecule has 0 spiro atoms. The van der Waals surface area contributed by atoms with E-state index in [1.54, 1.807) is 6.92 Å². The highest BCUT2D eigenvalue weighted by molar-refractivity contribution is 7.92. The summed E-state index contributed by atoms with van der Waals surface area (Å²) in [5.41, 5.74) is -0.0629. The first kappa shape index (κ1) is 20.8. The lowest BCUT2D eigenvalue weighted by Gasteiger charge is -2.12. The summed E-state index contributed by atoms with van der Waals surface area (Å²) in [6.45, 7) is 4.03. The van der Waals surface area contributed by atoms with Crippen LogP contribution < -0.4 is 10.0 Å². The number of hydrogen-bond acceptors (Lipinski definition) is 3. The van der Waals surface area contributed by atoms with Crippen molar-refractivity contribution in [3.05, 3.63) is 59.2 Å². The van der Waals surface area contributed by atoms with E-state index in [9.17, 15) is 26.4 Å². The molecule has 0 aliphatic carbocycles. The van der Waals surface area contributed by atoms with Crippen LogP contribution in [0.3, 0.4) is 0 Å². The molecule has 1 amide bonds. The summed E-state index contributed by atoms with van der Waals surface area (Å²) in [5, 5.41) is 2.68. The summed E-state index contributed by atoms with van der Waals surface area (Å²) in [4.78, 5) is 12.0. The molecule has 0 aliphatic rings. The van der Waals surface area contributed by atoms with E-state index in [4.69, 9.17) is 0 Å². The lowest BCUT2D eigenvalue weighted by molar-refractivity contribution is -0.137. The highest BCUT2D eigenvalue weighted by atomic mass is 32.2. The molecule has 0 fully saturated rings. The summed E-state index contributed by atoms with van der Waals surface area (Å²) in [6, 6.07) is 7.72. The molecule has 0 heterocycles. The standard InChI is InChI=1S/C18H19F3N2O3S/c1-3-10-22-17(24)16-11-15(9-4-12(16)2)27(25,26)23-14-7-5-13(6-8-14)18(19,20)21/h4-9,11,23H,3,10H2,1-2H3,(H,22,24). The minimum atomic E-state index is -4.50. The van der Waals surface area contributed by atoms with Crippen LogP contribution in [0.4, 0.5) is 18.9 Å². The van der Waals surface area contributed by atoms with Gasteiger partial charge in [-0.2, -0.15) is 13.2 Å². The fraction of sp³-hybridized carbons (Fsp3) is 0.278. The number of aryl methyl sites for hydroxylation is 1. The van der Waals surface area contributed by atoms with Crippen molar-refractivity contribution in [2.24, 2.45) is 0 Å². The van der Waals surface area contributed by atoms with Gasteiger partial charge in [0.15, 0.2) is 0 Å². The van der Waals surface area contributed by atoms with Gasteiger partial charge in [0.2, 0.25) is 0 Å². The number of nitrogens with one attached hydrogen (secondary N) is 2. The lowest BCUT2D eigenvalue weighted by atomic mass is 10.1. The molecule has 0 bridgehead atoms. The molecule has 0 saturated carbocycles. The van der Waals surface area contributed by atoms with Gasteiger partial charge in [0.05, 0.1) is 10.5 Å². The number of alkyl halides is 3. The van der Waals surface area contributed by atoms with Crippen molar-refractivity contribution in [3.63, 3.8) is 0 Å². The first-order valence-corrected chi connectivity index (χ1v) is 9.62. The van der Waals surface area contributed by atoms with E-state index in [-0.39, 0.29) is 22.1 Å². The normalized spacial score (nSPS) is 11.9. The first-order chi connectivity index (χ1) is 12.5. The summed E-state index contributed by atoms with van der Waals surface area (Å²) >= 11 is 0. The summed E-state index contributed by atoms with van der Waals surface area (Å²) in [5.74, 6) is -0.388. The second-order valence-electron chi connectivity index (χ2n) is 5.91. The zero-order chi connectivity index (χ0) is 20.2. The SMILES string of the molecule is CCCNC(=O)c1cc(S(=O)(=O)Nc2ccc(C(F)(F)F)cc2)ccc1C. The third-order valence-corrected chi connectivity index (χ3v) is 5.14. The Labute approximate surface area is 155 Å². The predicted molar refractivity (Wildman–Crippen MR) is 96.1 cm³/mol. The van der Waals surface area contributed by atoms with Crippen LogP contribution in [0, 0.1) is 6.92 Å². The van der Waals surface area contributed by atoms with Gasteiger partial charge in [0.25, 0.3) is 15.9 Å². The summed E-state index contributed by atoms with van der Waals surface area (Å²) < 4.78 is 65.0. The Balaban J connectivity index is 2.27. The molecule has 27 heavy (non-hydrogen) atoms. The maximum absolute atomic E-state index is 12.6. The Bertz CT molecular complexity index is 924. The largest absolute Gasteiger partial charge is 0.416 e. The van der Waals surface area contributed by atoms with E-state index in [1.807, 2.05) is 6.92 Å². The Hall–Kier alpha value is -2.55.